The van der Waals surface area contributed by atoms with Gasteiger partial charge in [-0.05, 0) is 40.5 Å². The lowest BCUT2D eigenvalue weighted by molar-refractivity contribution is -0.377. The van der Waals surface area contributed by atoms with Gasteiger partial charge in [0.15, 0.2) is 0 Å². The van der Waals surface area contributed by atoms with Crippen LogP contribution in [0.4, 0.5) is 30.7 Å². The number of halogens is 7. The molecule has 1 aliphatic rings. The number of hydrogen-bond acceptors (Lipinski definition) is 4. The zero-order valence-electron chi connectivity index (χ0n) is 19.5. The van der Waals surface area contributed by atoms with Crippen molar-refractivity contribution in [1.82, 2.24) is 14.8 Å². The second-order valence-electron chi connectivity index (χ2n) is 9.01. The molecule has 0 spiro atoms. The van der Waals surface area contributed by atoms with E-state index in [9.17, 15) is 35.8 Å². The number of hydrogen-bond donors (Lipinski definition) is 1. The van der Waals surface area contributed by atoms with Gasteiger partial charge in [-0.2, -0.15) is 26.3 Å². The maximum absolute atomic E-state index is 14.5. The van der Waals surface area contributed by atoms with Gasteiger partial charge in [0.1, 0.15) is 5.82 Å². The van der Waals surface area contributed by atoms with Crippen LogP contribution in [0.2, 0.25) is 0 Å². The van der Waals surface area contributed by atoms with Crippen LogP contribution in [0.5, 0.6) is 0 Å². The van der Waals surface area contributed by atoms with E-state index in [1.54, 1.807) is 36.7 Å². The van der Waals surface area contributed by atoms with Crippen LogP contribution in [0.25, 0.3) is 11.1 Å². The summed E-state index contributed by atoms with van der Waals surface area (Å²) in [5, 5.41) is 9.48. The first-order valence-electron chi connectivity index (χ1n) is 11.5. The number of piperazine rings is 1. The quantitative estimate of drug-likeness (QED) is 0.429. The number of benzene rings is 2. The average Bonchev–Trinajstić information content (AvgIpc) is 2.84. The van der Waals surface area contributed by atoms with Gasteiger partial charge in [0.2, 0.25) is 0 Å². The first-order valence-corrected chi connectivity index (χ1v) is 11.5. The lowest BCUT2D eigenvalue weighted by atomic mass is 9.90. The second kappa shape index (κ2) is 10.4. The van der Waals surface area contributed by atoms with Gasteiger partial charge in [0.05, 0.1) is 0 Å². The lowest BCUT2D eigenvalue weighted by Crippen LogP contribution is -2.54. The van der Waals surface area contributed by atoms with Gasteiger partial charge in [-0.15, -0.1) is 0 Å². The molecule has 1 fully saturated rings. The van der Waals surface area contributed by atoms with Crippen LogP contribution in [0.15, 0.2) is 67.0 Å². The molecule has 11 heteroatoms. The van der Waals surface area contributed by atoms with E-state index in [4.69, 9.17) is 0 Å². The van der Waals surface area contributed by atoms with E-state index in [1.165, 1.54) is 5.56 Å². The summed E-state index contributed by atoms with van der Waals surface area (Å²) in [7, 11) is 0. The van der Waals surface area contributed by atoms with E-state index >= 15 is 0 Å². The summed E-state index contributed by atoms with van der Waals surface area (Å²) < 4.78 is 93.1. The molecule has 0 saturated carbocycles. The fraction of sp³-hybridized carbons (Fsp3) is 0.346. The third-order valence-corrected chi connectivity index (χ3v) is 6.49. The summed E-state index contributed by atoms with van der Waals surface area (Å²) in [5.41, 5.74) is -4.54. The van der Waals surface area contributed by atoms with Gasteiger partial charge in [-0.1, -0.05) is 36.4 Å². The standard InChI is InChI=1S/C26H24F7N3O/c27-23-15-21(5-6-22(23)24(37,25(28,29)30)26(31,32)33)20-3-1-18(2-4-20)16-35-11-13-36(14-12-35)17-19-7-9-34-10-8-19/h1-10,15,37H,11-14,16-17H2. The Hall–Kier alpha value is -3.02. The van der Waals surface area contributed by atoms with Crippen molar-refractivity contribution in [2.24, 2.45) is 0 Å². The predicted molar refractivity (Wildman–Crippen MR) is 123 cm³/mol. The number of nitrogens with zero attached hydrogens (tertiary/aromatic N) is 3. The molecular weight excluding hydrogens is 503 g/mol. The minimum atomic E-state index is -6.15. The van der Waals surface area contributed by atoms with Crippen molar-refractivity contribution in [3.8, 4) is 11.1 Å². The number of rotatable bonds is 6. The summed E-state index contributed by atoms with van der Waals surface area (Å²) >= 11 is 0. The molecule has 4 nitrogen and oxygen atoms in total. The summed E-state index contributed by atoms with van der Waals surface area (Å²) in [6.07, 6.45) is -8.77. The molecule has 4 rings (SSSR count). The van der Waals surface area contributed by atoms with Crippen molar-refractivity contribution in [3.63, 3.8) is 0 Å². The van der Waals surface area contributed by atoms with Crippen molar-refractivity contribution < 1.29 is 35.8 Å². The van der Waals surface area contributed by atoms with E-state index < -0.39 is 29.3 Å². The minimum Gasteiger partial charge on any atom is -0.369 e. The van der Waals surface area contributed by atoms with Gasteiger partial charge in [-0.3, -0.25) is 14.8 Å². The Morgan fingerprint density at radius 1 is 0.676 bits per heavy atom. The molecule has 0 aliphatic carbocycles. The normalized spacial score (nSPS) is 16.2. The molecule has 0 bridgehead atoms. The van der Waals surface area contributed by atoms with Gasteiger partial charge in [-0.25, -0.2) is 4.39 Å². The van der Waals surface area contributed by atoms with Crippen LogP contribution in [0.3, 0.4) is 0 Å². The van der Waals surface area contributed by atoms with Crippen LogP contribution in [-0.4, -0.2) is 58.4 Å². The van der Waals surface area contributed by atoms with E-state index in [0.717, 1.165) is 44.4 Å². The summed E-state index contributed by atoms with van der Waals surface area (Å²) in [5.74, 6) is -1.80. The Morgan fingerprint density at radius 2 is 1.14 bits per heavy atom. The summed E-state index contributed by atoms with van der Waals surface area (Å²) in [6.45, 7) is 5.04. The summed E-state index contributed by atoms with van der Waals surface area (Å²) in [6, 6.07) is 12.6. The predicted octanol–water partition coefficient (Wildman–Crippen LogP) is 5.52. The Bertz CT molecular complexity index is 1180. The van der Waals surface area contributed by atoms with Gasteiger partial charge >= 0.3 is 12.4 Å². The number of alkyl halides is 6. The zero-order chi connectivity index (χ0) is 26.8. The molecule has 0 unspecified atom stereocenters. The molecule has 37 heavy (non-hydrogen) atoms. The van der Waals surface area contributed by atoms with Crippen LogP contribution in [0, 0.1) is 5.82 Å². The van der Waals surface area contributed by atoms with Crippen molar-refractivity contribution in [3.05, 3.63) is 89.5 Å². The fourth-order valence-corrected chi connectivity index (χ4v) is 4.37. The highest BCUT2D eigenvalue weighted by atomic mass is 19.4. The maximum Gasteiger partial charge on any atom is 0.430 e. The number of pyridine rings is 1. The average molecular weight is 527 g/mol. The van der Waals surface area contributed by atoms with E-state index in [-0.39, 0.29) is 5.56 Å². The minimum absolute atomic E-state index is 0.0872. The SMILES string of the molecule is OC(c1ccc(-c2ccc(CN3CCN(Cc4ccncc4)CC3)cc2)cc1F)(C(F)(F)F)C(F)(F)F. The maximum atomic E-state index is 14.5. The smallest absolute Gasteiger partial charge is 0.369 e. The largest absolute Gasteiger partial charge is 0.430 e. The second-order valence-corrected chi connectivity index (χ2v) is 9.01. The molecule has 198 valence electrons. The number of aliphatic hydroxyl groups is 1. The van der Waals surface area contributed by atoms with E-state index in [2.05, 4.69) is 14.8 Å². The Labute approximate surface area is 209 Å². The highest BCUT2D eigenvalue weighted by Crippen LogP contribution is 2.50. The Kier molecular flexibility index (Phi) is 7.59. The van der Waals surface area contributed by atoms with Crippen LogP contribution < -0.4 is 0 Å². The third kappa shape index (κ3) is 5.78. The topological polar surface area (TPSA) is 39.6 Å². The van der Waals surface area contributed by atoms with Crippen molar-refractivity contribution >= 4 is 0 Å². The van der Waals surface area contributed by atoms with Crippen LogP contribution in [0.1, 0.15) is 16.7 Å². The molecule has 2 aromatic carbocycles. The molecule has 1 N–H and O–H groups in total. The molecule has 0 atom stereocenters. The van der Waals surface area contributed by atoms with Crippen LogP contribution >= 0.6 is 0 Å². The molecular formula is C26H24F7N3O. The monoisotopic (exact) mass is 527 g/mol. The first-order chi connectivity index (χ1) is 17.4. The van der Waals surface area contributed by atoms with E-state index in [0.29, 0.717) is 24.2 Å². The molecule has 0 radical (unpaired) electrons. The molecule has 2 heterocycles. The summed E-state index contributed by atoms with van der Waals surface area (Å²) in [4.78, 5) is 8.65. The molecule has 3 aromatic rings. The van der Waals surface area contributed by atoms with Gasteiger partial charge < -0.3 is 5.11 Å². The molecule has 1 aromatic heterocycles. The van der Waals surface area contributed by atoms with E-state index in [1.807, 2.05) is 12.1 Å². The molecule has 1 saturated heterocycles. The Morgan fingerprint density at radius 3 is 1.59 bits per heavy atom. The lowest BCUT2D eigenvalue weighted by Gasteiger charge is -2.34. The fourth-order valence-electron chi connectivity index (χ4n) is 4.37. The first kappa shape index (κ1) is 27.0. The third-order valence-electron chi connectivity index (χ3n) is 6.49. The van der Waals surface area contributed by atoms with Gasteiger partial charge in [0, 0.05) is 57.2 Å². The highest BCUT2D eigenvalue weighted by molar-refractivity contribution is 5.64. The number of aromatic nitrogens is 1. The van der Waals surface area contributed by atoms with Crippen LogP contribution in [-0.2, 0) is 18.7 Å². The molecule has 0 amide bonds. The zero-order valence-corrected chi connectivity index (χ0v) is 19.5. The van der Waals surface area contributed by atoms with Crippen molar-refractivity contribution in [1.29, 1.82) is 0 Å². The Balaban J connectivity index is 1.40. The van der Waals surface area contributed by atoms with Gasteiger partial charge in [0.25, 0.3) is 5.60 Å². The molecule has 1 aliphatic heterocycles. The highest BCUT2D eigenvalue weighted by Gasteiger charge is 2.72. The van der Waals surface area contributed by atoms with Crippen molar-refractivity contribution in [2.45, 2.75) is 31.0 Å². The van der Waals surface area contributed by atoms with Crippen molar-refractivity contribution in [2.75, 3.05) is 26.2 Å².